The number of methoxy groups -OCH3 is 1. The van der Waals surface area contributed by atoms with Crippen LogP contribution in [0.25, 0.3) is 6.08 Å². The number of carbonyl (C=O) groups is 2. The molecule has 0 spiro atoms. The summed E-state index contributed by atoms with van der Waals surface area (Å²) in [6.07, 6.45) is 1.62. The maximum Gasteiger partial charge on any atom is 0.273 e. The number of benzene rings is 1. The Morgan fingerprint density at radius 3 is 2.30 bits per heavy atom. The van der Waals surface area contributed by atoms with Crippen molar-refractivity contribution in [3.05, 3.63) is 59.4 Å². The fourth-order valence-electron chi connectivity index (χ4n) is 2.13. The first-order valence-corrected chi connectivity index (χ1v) is 8.61. The first-order chi connectivity index (χ1) is 12.7. The van der Waals surface area contributed by atoms with E-state index in [1.807, 2.05) is 13.0 Å². The Balaban J connectivity index is 2.31. The molecular formula is C21H25N3O3. The largest absolute Gasteiger partial charge is 0.497 e. The van der Waals surface area contributed by atoms with Gasteiger partial charge in [0.2, 0.25) is 5.91 Å². The molecule has 27 heavy (non-hydrogen) atoms. The Kier molecular flexibility index (Phi) is 6.34. The van der Waals surface area contributed by atoms with Gasteiger partial charge in [0.1, 0.15) is 17.3 Å². The molecule has 0 aliphatic rings. The SMILES string of the molecule is COc1ccc(/C=C(/NC(=O)C(C)(C)C)C(=O)Nc2cccc(C)n2)cc1. The maximum atomic E-state index is 12.8. The standard InChI is InChI=1S/C21H25N3O3/c1-14-7-6-8-18(22-14)24-19(25)17(23-20(26)21(2,3)4)13-15-9-11-16(27-5)12-10-15/h6-13H,1-5H3,(H,23,26)(H,22,24,25)/b17-13+. The van der Waals surface area contributed by atoms with Crippen molar-refractivity contribution in [1.29, 1.82) is 0 Å². The molecule has 0 aliphatic carbocycles. The topological polar surface area (TPSA) is 80.3 Å². The molecule has 0 fully saturated rings. The van der Waals surface area contributed by atoms with E-state index in [0.29, 0.717) is 11.6 Å². The smallest absolute Gasteiger partial charge is 0.273 e. The van der Waals surface area contributed by atoms with Crippen molar-refractivity contribution in [3.63, 3.8) is 0 Å². The molecule has 0 unspecified atom stereocenters. The van der Waals surface area contributed by atoms with E-state index < -0.39 is 11.3 Å². The molecule has 0 atom stereocenters. The number of rotatable bonds is 5. The minimum atomic E-state index is -0.638. The predicted octanol–water partition coefficient (Wildman–Crippen LogP) is 3.54. The van der Waals surface area contributed by atoms with Crippen molar-refractivity contribution in [2.75, 3.05) is 12.4 Å². The summed E-state index contributed by atoms with van der Waals surface area (Å²) in [6.45, 7) is 7.19. The Morgan fingerprint density at radius 1 is 1.07 bits per heavy atom. The molecule has 0 radical (unpaired) electrons. The van der Waals surface area contributed by atoms with Gasteiger partial charge in [0.15, 0.2) is 0 Å². The average Bonchev–Trinajstić information content (AvgIpc) is 2.61. The summed E-state index contributed by atoms with van der Waals surface area (Å²) in [7, 11) is 1.59. The third-order valence-electron chi connectivity index (χ3n) is 3.73. The van der Waals surface area contributed by atoms with Crippen molar-refractivity contribution in [1.82, 2.24) is 10.3 Å². The van der Waals surface area contributed by atoms with Gasteiger partial charge in [-0.2, -0.15) is 0 Å². The summed E-state index contributed by atoms with van der Waals surface area (Å²) in [4.78, 5) is 29.4. The van der Waals surface area contributed by atoms with Gasteiger partial charge in [-0.05, 0) is 42.8 Å². The fourth-order valence-corrected chi connectivity index (χ4v) is 2.13. The Morgan fingerprint density at radius 2 is 1.74 bits per heavy atom. The molecule has 0 bridgehead atoms. The number of nitrogens with zero attached hydrogens (tertiary/aromatic N) is 1. The van der Waals surface area contributed by atoms with Gasteiger partial charge < -0.3 is 15.4 Å². The van der Waals surface area contributed by atoms with Gasteiger partial charge in [-0.25, -0.2) is 4.98 Å². The van der Waals surface area contributed by atoms with Crippen LogP contribution in [0.15, 0.2) is 48.2 Å². The lowest BCUT2D eigenvalue weighted by atomic mass is 9.95. The van der Waals surface area contributed by atoms with E-state index in [9.17, 15) is 9.59 Å². The van der Waals surface area contributed by atoms with Crippen LogP contribution < -0.4 is 15.4 Å². The highest BCUT2D eigenvalue weighted by molar-refractivity contribution is 6.08. The summed E-state index contributed by atoms with van der Waals surface area (Å²) in [5.74, 6) is 0.433. The molecule has 2 amide bonds. The Labute approximate surface area is 159 Å². The number of hydrogen-bond donors (Lipinski definition) is 2. The predicted molar refractivity (Wildman–Crippen MR) is 106 cm³/mol. The van der Waals surface area contributed by atoms with Crippen LogP contribution in [0.5, 0.6) is 5.75 Å². The van der Waals surface area contributed by atoms with E-state index in [0.717, 1.165) is 11.3 Å². The lowest BCUT2D eigenvalue weighted by molar-refractivity contribution is -0.128. The van der Waals surface area contributed by atoms with Gasteiger partial charge in [0.05, 0.1) is 7.11 Å². The van der Waals surface area contributed by atoms with Gasteiger partial charge in [0, 0.05) is 11.1 Å². The molecule has 0 aliphatic heterocycles. The third-order valence-corrected chi connectivity index (χ3v) is 3.73. The van der Waals surface area contributed by atoms with Crippen molar-refractivity contribution >= 4 is 23.7 Å². The summed E-state index contributed by atoms with van der Waals surface area (Å²) < 4.78 is 5.14. The number of amides is 2. The number of nitrogens with one attached hydrogen (secondary N) is 2. The second-order valence-electron chi connectivity index (χ2n) is 7.15. The average molecular weight is 367 g/mol. The van der Waals surface area contributed by atoms with Crippen LogP contribution in [-0.2, 0) is 9.59 Å². The molecule has 2 aromatic rings. The van der Waals surface area contributed by atoms with Gasteiger partial charge in [-0.3, -0.25) is 9.59 Å². The van der Waals surface area contributed by atoms with E-state index in [-0.39, 0.29) is 11.6 Å². The van der Waals surface area contributed by atoms with E-state index in [1.165, 1.54) is 0 Å². The van der Waals surface area contributed by atoms with Crippen molar-refractivity contribution in [2.45, 2.75) is 27.7 Å². The number of ether oxygens (including phenoxy) is 1. The molecule has 6 heteroatoms. The van der Waals surface area contributed by atoms with Crippen LogP contribution in [0.4, 0.5) is 5.82 Å². The number of pyridine rings is 1. The minimum Gasteiger partial charge on any atom is -0.497 e. The van der Waals surface area contributed by atoms with Crippen LogP contribution in [0.2, 0.25) is 0 Å². The molecule has 0 saturated carbocycles. The van der Waals surface area contributed by atoms with Crippen LogP contribution in [0, 0.1) is 12.3 Å². The number of carbonyl (C=O) groups excluding carboxylic acids is 2. The van der Waals surface area contributed by atoms with Crippen molar-refractivity contribution in [3.8, 4) is 5.75 Å². The van der Waals surface area contributed by atoms with E-state index >= 15 is 0 Å². The fraction of sp³-hybridized carbons (Fsp3) is 0.286. The first kappa shape index (κ1) is 20.2. The van der Waals surface area contributed by atoms with Gasteiger partial charge in [-0.15, -0.1) is 0 Å². The van der Waals surface area contributed by atoms with Crippen LogP contribution in [0.3, 0.4) is 0 Å². The van der Waals surface area contributed by atoms with E-state index in [1.54, 1.807) is 70.4 Å². The van der Waals surface area contributed by atoms with Crippen LogP contribution in [-0.4, -0.2) is 23.9 Å². The minimum absolute atomic E-state index is 0.142. The normalized spacial score (nSPS) is 11.7. The summed E-state index contributed by atoms with van der Waals surface area (Å²) in [5.41, 5.74) is 1.05. The van der Waals surface area contributed by atoms with Crippen molar-refractivity contribution in [2.24, 2.45) is 5.41 Å². The molecule has 2 rings (SSSR count). The monoisotopic (exact) mass is 367 g/mol. The van der Waals surface area contributed by atoms with Crippen LogP contribution in [0.1, 0.15) is 32.0 Å². The zero-order chi connectivity index (χ0) is 20.0. The molecule has 142 valence electrons. The zero-order valence-electron chi connectivity index (χ0n) is 16.3. The van der Waals surface area contributed by atoms with Crippen molar-refractivity contribution < 1.29 is 14.3 Å². The second-order valence-corrected chi connectivity index (χ2v) is 7.15. The third kappa shape index (κ3) is 5.95. The number of aromatic nitrogens is 1. The highest BCUT2D eigenvalue weighted by Gasteiger charge is 2.24. The number of anilines is 1. The first-order valence-electron chi connectivity index (χ1n) is 8.61. The highest BCUT2D eigenvalue weighted by Crippen LogP contribution is 2.17. The quantitative estimate of drug-likeness (QED) is 0.792. The molecule has 6 nitrogen and oxygen atoms in total. The molecule has 1 aromatic heterocycles. The lowest BCUT2D eigenvalue weighted by Gasteiger charge is -2.19. The van der Waals surface area contributed by atoms with Gasteiger partial charge in [-0.1, -0.05) is 39.0 Å². The lowest BCUT2D eigenvalue weighted by Crippen LogP contribution is -2.38. The van der Waals surface area contributed by atoms with E-state index in [2.05, 4.69) is 15.6 Å². The molecule has 1 aromatic carbocycles. The Hall–Kier alpha value is -3.15. The number of hydrogen-bond acceptors (Lipinski definition) is 4. The molecule has 0 saturated heterocycles. The maximum absolute atomic E-state index is 12.8. The van der Waals surface area contributed by atoms with E-state index in [4.69, 9.17) is 4.74 Å². The van der Waals surface area contributed by atoms with Gasteiger partial charge in [0.25, 0.3) is 5.91 Å². The number of aryl methyl sites for hydroxylation is 1. The zero-order valence-corrected chi connectivity index (χ0v) is 16.3. The second kappa shape index (κ2) is 8.49. The van der Waals surface area contributed by atoms with Crippen LogP contribution >= 0.6 is 0 Å². The Bertz CT molecular complexity index is 850. The summed E-state index contributed by atoms with van der Waals surface area (Å²) in [5, 5.41) is 5.44. The molecular weight excluding hydrogens is 342 g/mol. The summed E-state index contributed by atoms with van der Waals surface area (Å²) in [6, 6.07) is 12.5. The highest BCUT2D eigenvalue weighted by atomic mass is 16.5. The van der Waals surface area contributed by atoms with Gasteiger partial charge >= 0.3 is 0 Å². The summed E-state index contributed by atoms with van der Waals surface area (Å²) >= 11 is 0. The molecule has 2 N–H and O–H groups in total. The molecule has 1 heterocycles.